The third-order valence-electron chi connectivity index (χ3n) is 7.99. The van der Waals surface area contributed by atoms with E-state index in [2.05, 4.69) is 41.2 Å². The number of benzene rings is 2. The zero-order chi connectivity index (χ0) is 36.8. The second kappa shape index (κ2) is 18.5. The maximum absolute atomic E-state index is 13.9. The molecule has 0 aliphatic carbocycles. The number of rotatable bonds is 19. The van der Waals surface area contributed by atoms with Crippen LogP contribution in [0.4, 0.5) is 0 Å². The molecule has 0 spiro atoms. The molecule has 17 nitrogen and oxygen atoms in total. The molecule has 4 rings (SSSR count). The molecule has 14 N–H and O–H groups in total. The normalized spacial score (nSPS) is 13.3. The van der Waals surface area contributed by atoms with Gasteiger partial charge in [-0.3, -0.25) is 29.0 Å². The molecule has 51 heavy (non-hydrogen) atoms. The van der Waals surface area contributed by atoms with Crippen molar-refractivity contribution in [3.63, 3.8) is 0 Å². The molecular weight excluding hydrogens is 656 g/mol. The Kier molecular flexibility index (Phi) is 13.6. The average Bonchev–Trinajstić information content (AvgIpc) is 3.78. The minimum absolute atomic E-state index is 0.0515. The van der Waals surface area contributed by atoms with Gasteiger partial charge >= 0.3 is 0 Å². The van der Waals surface area contributed by atoms with E-state index in [1.54, 1.807) is 36.7 Å². The Labute approximate surface area is 293 Å². The number of nitrogens with one attached hydrogen (secondary N) is 6. The Bertz CT molecular complexity index is 1800. The molecule has 2 aromatic heterocycles. The number of guanidine groups is 1. The summed E-state index contributed by atoms with van der Waals surface area (Å²) in [6, 6.07) is 12.0. The highest BCUT2D eigenvalue weighted by Crippen LogP contribution is 2.19. The Morgan fingerprint density at radius 1 is 0.765 bits per heavy atom. The number of aromatic amines is 2. The summed E-state index contributed by atoms with van der Waals surface area (Å²) in [5.41, 5.74) is 25.3. The van der Waals surface area contributed by atoms with Crippen molar-refractivity contribution in [1.29, 1.82) is 0 Å². The van der Waals surface area contributed by atoms with Gasteiger partial charge < -0.3 is 54.2 Å². The van der Waals surface area contributed by atoms with E-state index >= 15 is 0 Å². The number of para-hydroxylation sites is 1. The standard InChI is InChI=1S/C34H44N12O5/c35-24(15-22-17-39-19-43-22)30(48)45-27(13-20-7-2-1-3-8-20)33(51)44-26(11-6-12-40-34(37)38)32(50)46-28(31(49)42-18-29(36)47)14-21-16-41-25-10-5-4-9-23(21)25/h1-5,7-10,16-17,19,24,26-28,41H,6,11-15,18,35H2,(H2,36,47)(H,39,43)(H,42,49)(H,44,51)(H,45,48)(H,46,50)(H4,37,38,40)/t24-,26-,27+,28+/m0/s1. The Morgan fingerprint density at radius 3 is 2.14 bits per heavy atom. The summed E-state index contributed by atoms with van der Waals surface area (Å²) in [5.74, 6) is -3.48. The first-order valence-electron chi connectivity index (χ1n) is 16.3. The second-order valence-corrected chi connectivity index (χ2v) is 12.0. The molecule has 2 aromatic carbocycles. The van der Waals surface area contributed by atoms with Crippen molar-refractivity contribution in [2.75, 3.05) is 13.1 Å². The molecule has 0 aliphatic rings. The first-order chi connectivity index (χ1) is 24.5. The molecule has 270 valence electrons. The van der Waals surface area contributed by atoms with Gasteiger partial charge in [0.25, 0.3) is 0 Å². The Morgan fingerprint density at radius 2 is 1.43 bits per heavy atom. The van der Waals surface area contributed by atoms with E-state index in [0.717, 1.165) is 22.0 Å². The van der Waals surface area contributed by atoms with Crippen LogP contribution in [0.15, 0.2) is 78.3 Å². The van der Waals surface area contributed by atoms with Crippen LogP contribution in [0, 0.1) is 0 Å². The smallest absolute Gasteiger partial charge is 0.243 e. The van der Waals surface area contributed by atoms with Gasteiger partial charge in [-0.2, -0.15) is 0 Å². The van der Waals surface area contributed by atoms with E-state index in [1.165, 1.54) is 6.33 Å². The summed E-state index contributed by atoms with van der Waals surface area (Å²) in [7, 11) is 0. The van der Waals surface area contributed by atoms with Crippen LogP contribution in [-0.2, 0) is 43.2 Å². The number of aliphatic imine (C=N–C) groups is 1. The van der Waals surface area contributed by atoms with Gasteiger partial charge in [0.15, 0.2) is 5.96 Å². The fraction of sp³-hybridized carbons (Fsp3) is 0.324. The summed E-state index contributed by atoms with van der Waals surface area (Å²) >= 11 is 0. The number of hydrogen-bond acceptors (Lipinski definition) is 8. The molecule has 0 bridgehead atoms. The number of nitrogens with zero attached hydrogens (tertiary/aromatic N) is 2. The number of H-pyrrole nitrogens is 2. The van der Waals surface area contributed by atoms with Crippen LogP contribution in [0.3, 0.4) is 0 Å². The number of hydrogen-bond donors (Lipinski definition) is 10. The summed E-state index contributed by atoms with van der Waals surface area (Å²) in [6.45, 7) is -0.284. The number of aromatic nitrogens is 3. The fourth-order valence-electron chi connectivity index (χ4n) is 5.41. The van der Waals surface area contributed by atoms with E-state index in [0.29, 0.717) is 5.69 Å². The van der Waals surface area contributed by atoms with Crippen LogP contribution >= 0.6 is 0 Å². The van der Waals surface area contributed by atoms with Gasteiger partial charge in [-0.1, -0.05) is 48.5 Å². The van der Waals surface area contributed by atoms with Crippen molar-refractivity contribution in [2.24, 2.45) is 27.9 Å². The predicted molar refractivity (Wildman–Crippen MR) is 190 cm³/mol. The average molecular weight is 701 g/mol. The van der Waals surface area contributed by atoms with Crippen molar-refractivity contribution < 1.29 is 24.0 Å². The van der Waals surface area contributed by atoms with Crippen molar-refractivity contribution in [1.82, 2.24) is 36.2 Å². The van der Waals surface area contributed by atoms with E-state index < -0.39 is 60.2 Å². The molecule has 0 saturated heterocycles. The number of carbonyl (C=O) groups excluding carboxylic acids is 5. The first-order valence-corrected chi connectivity index (χ1v) is 16.3. The van der Waals surface area contributed by atoms with E-state index in [4.69, 9.17) is 22.9 Å². The number of carbonyl (C=O) groups is 5. The van der Waals surface area contributed by atoms with Crippen LogP contribution in [-0.4, -0.2) is 87.7 Å². The van der Waals surface area contributed by atoms with Crippen molar-refractivity contribution in [3.8, 4) is 0 Å². The van der Waals surface area contributed by atoms with Crippen LogP contribution in [0.1, 0.15) is 29.7 Å². The van der Waals surface area contributed by atoms with Gasteiger partial charge in [-0.15, -0.1) is 0 Å². The zero-order valence-corrected chi connectivity index (χ0v) is 27.9. The molecular formula is C34H44N12O5. The zero-order valence-electron chi connectivity index (χ0n) is 27.9. The molecule has 17 heteroatoms. The van der Waals surface area contributed by atoms with E-state index in [-0.39, 0.29) is 44.6 Å². The largest absolute Gasteiger partial charge is 0.370 e. The van der Waals surface area contributed by atoms with Gasteiger partial charge in [-0.25, -0.2) is 4.98 Å². The molecule has 0 saturated carbocycles. The minimum atomic E-state index is -1.19. The van der Waals surface area contributed by atoms with Gasteiger partial charge in [-0.05, 0) is 30.0 Å². The molecule has 0 unspecified atom stereocenters. The highest BCUT2D eigenvalue weighted by Gasteiger charge is 2.31. The lowest BCUT2D eigenvalue weighted by Gasteiger charge is -2.26. The Balaban J connectivity index is 1.56. The van der Waals surface area contributed by atoms with Gasteiger partial charge in [0, 0.05) is 54.8 Å². The predicted octanol–water partition coefficient (Wildman–Crippen LogP) is -1.64. The fourth-order valence-corrected chi connectivity index (χ4v) is 5.41. The summed E-state index contributed by atoms with van der Waals surface area (Å²) < 4.78 is 0. The van der Waals surface area contributed by atoms with Gasteiger partial charge in [0.1, 0.15) is 18.1 Å². The SMILES string of the molecule is NC(=O)CNC(=O)[C@@H](Cc1c[nH]c2ccccc12)NC(=O)[C@H](CCCN=C(N)N)NC(=O)[C@@H](Cc1ccccc1)NC(=O)[C@@H](N)Cc1cnc[nH]1. The molecule has 0 radical (unpaired) electrons. The molecule has 2 heterocycles. The molecule has 0 fully saturated rings. The quantitative estimate of drug-likeness (QED) is 0.0304. The highest BCUT2D eigenvalue weighted by molar-refractivity contribution is 5.96. The summed E-state index contributed by atoms with van der Waals surface area (Å²) in [4.78, 5) is 79.7. The molecule has 4 atom stereocenters. The summed E-state index contributed by atoms with van der Waals surface area (Å²) in [6.07, 6.45) is 5.39. The maximum Gasteiger partial charge on any atom is 0.243 e. The van der Waals surface area contributed by atoms with Gasteiger partial charge in [0.05, 0.1) is 18.9 Å². The monoisotopic (exact) mass is 700 g/mol. The minimum Gasteiger partial charge on any atom is -0.370 e. The van der Waals surface area contributed by atoms with Crippen molar-refractivity contribution >= 4 is 46.4 Å². The number of amides is 5. The molecule has 5 amide bonds. The van der Waals surface area contributed by atoms with Crippen molar-refractivity contribution in [3.05, 3.63) is 90.1 Å². The lowest BCUT2D eigenvalue weighted by Crippen LogP contribution is -2.58. The van der Waals surface area contributed by atoms with E-state index in [9.17, 15) is 24.0 Å². The summed E-state index contributed by atoms with van der Waals surface area (Å²) in [5, 5.41) is 11.5. The maximum atomic E-state index is 13.9. The number of imidazole rings is 1. The lowest BCUT2D eigenvalue weighted by molar-refractivity contribution is -0.134. The van der Waals surface area contributed by atoms with Crippen LogP contribution in [0.25, 0.3) is 10.9 Å². The van der Waals surface area contributed by atoms with Crippen LogP contribution in [0.5, 0.6) is 0 Å². The first kappa shape index (κ1) is 37.6. The van der Waals surface area contributed by atoms with E-state index in [1.807, 2.05) is 30.3 Å². The third kappa shape index (κ3) is 11.7. The van der Waals surface area contributed by atoms with Crippen LogP contribution in [0.2, 0.25) is 0 Å². The van der Waals surface area contributed by atoms with Crippen molar-refractivity contribution in [2.45, 2.75) is 56.3 Å². The molecule has 4 aromatic rings. The third-order valence-corrected chi connectivity index (χ3v) is 7.99. The van der Waals surface area contributed by atoms with Gasteiger partial charge in [0.2, 0.25) is 29.5 Å². The highest BCUT2D eigenvalue weighted by atomic mass is 16.2. The second-order valence-electron chi connectivity index (χ2n) is 12.0. The van der Waals surface area contributed by atoms with Crippen LogP contribution < -0.4 is 44.2 Å². The lowest BCUT2D eigenvalue weighted by atomic mass is 10.0. The number of fused-ring (bicyclic) bond motifs is 1. The molecule has 0 aliphatic heterocycles. The topological polar surface area (TPSA) is 294 Å². The Hall–Kier alpha value is -6.23. The number of primary amides is 1. The number of nitrogens with two attached hydrogens (primary N) is 4.